The van der Waals surface area contributed by atoms with Crippen LogP contribution in [-0.4, -0.2) is 34.6 Å². The van der Waals surface area contributed by atoms with Crippen LogP contribution in [0, 0.1) is 0 Å². The minimum Gasteiger partial charge on any atom is -0.368 e. The molecule has 7 heteroatoms. The summed E-state index contributed by atoms with van der Waals surface area (Å²) in [6.45, 7) is 0.128. The number of rotatable bonds is 2. The highest BCUT2D eigenvalue weighted by atomic mass is 79.9. The van der Waals surface area contributed by atoms with Gasteiger partial charge in [-0.2, -0.15) is 0 Å². The molecule has 5 nitrogen and oxygen atoms in total. The van der Waals surface area contributed by atoms with Gasteiger partial charge in [-0.25, -0.2) is 14.4 Å². The van der Waals surface area contributed by atoms with Gasteiger partial charge in [0.1, 0.15) is 24.4 Å². The van der Waals surface area contributed by atoms with Crippen molar-refractivity contribution in [1.82, 2.24) is 9.97 Å². The summed E-state index contributed by atoms with van der Waals surface area (Å²) in [5.41, 5.74) is 5.23. The lowest BCUT2D eigenvalue weighted by molar-refractivity contribution is -0.119. The fourth-order valence-electron chi connectivity index (χ4n) is 1.81. The number of primary amides is 1. The number of nitrogens with zero attached hydrogens (tertiary/aromatic N) is 3. The molecular weight excluding hydrogens is 279 g/mol. The van der Waals surface area contributed by atoms with Crippen molar-refractivity contribution in [3.63, 3.8) is 0 Å². The zero-order chi connectivity index (χ0) is 11.7. The van der Waals surface area contributed by atoms with Gasteiger partial charge in [-0.3, -0.25) is 4.79 Å². The van der Waals surface area contributed by atoms with E-state index in [4.69, 9.17) is 5.73 Å². The van der Waals surface area contributed by atoms with E-state index in [1.165, 1.54) is 6.33 Å². The molecule has 1 saturated heterocycles. The molecule has 1 fully saturated rings. The maximum Gasteiger partial charge on any atom is 0.240 e. The Balaban J connectivity index is 2.33. The van der Waals surface area contributed by atoms with Crippen molar-refractivity contribution in [1.29, 1.82) is 0 Å². The highest BCUT2D eigenvalue weighted by molar-refractivity contribution is 9.10. The summed E-state index contributed by atoms with van der Waals surface area (Å²) in [5, 5.41) is 0. The topological polar surface area (TPSA) is 72.1 Å². The van der Waals surface area contributed by atoms with Crippen LogP contribution in [0.3, 0.4) is 0 Å². The zero-order valence-corrected chi connectivity index (χ0v) is 9.89. The van der Waals surface area contributed by atoms with Gasteiger partial charge in [0.05, 0.1) is 11.0 Å². The molecule has 86 valence electrons. The third-order valence-corrected chi connectivity index (χ3v) is 3.06. The second kappa shape index (κ2) is 4.32. The molecule has 2 atom stereocenters. The summed E-state index contributed by atoms with van der Waals surface area (Å²) in [6.07, 6.45) is 1.96. The minimum absolute atomic E-state index is 0.117. The van der Waals surface area contributed by atoms with Crippen LogP contribution in [0.1, 0.15) is 6.42 Å². The minimum atomic E-state index is -1.06. The molecule has 0 spiro atoms. The Morgan fingerprint density at radius 2 is 2.44 bits per heavy atom. The molecule has 0 bridgehead atoms. The number of hydrogen-bond acceptors (Lipinski definition) is 4. The maximum atomic E-state index is 13.3. The molecule has 1 amide bonds. The van der Waals surface area contributed by atoms with E-state index in [2.05, 4.69) is 25.9 Å². The first-order valence-corrected chi connectivity index (χ1v) is 5.54. The van der Waals surface area contributed by atoms with Gasteiger partial charge in [0.2, 0.25) is 5.91 Å². The molecule has 2 N–H and O–H groups in total. The van der Waals surface area contributed by atoms with E-state index in [1.54, 1.807) is 11.1 Å². The van der Waals surface area contributed by atoms with Crippen LogP contribution in [-0.2, 0) is 4.79 Å². The number of hydrogen-bond donors (Lipinski definition) is 1. The maximum absolute atomic E-state index is 13.3. The van der Waals surface area contributed by atoms with E-state index < -0.39 is 18.1 Å². The van der Waals surface area contributed by atoms with E-state index in [0.717, 1.165) is 0 Å². The van der Waals surface area contributed by atoms with Crippen LogP contribution < -0.4 is 10.6 Å². The average molecular weight is 289 g/mol. The molecule has 1 aromatic heterocycles. The Morgan fingerprint density at radius 3 is 3.06 bits per heavy atom. The highest BCUT2D eigenvalue weighted by Crippen LogP contribution is 2.30. The largest absolute Gasteiger partial charge is 0.368 e. The van der Waals surface area contributed by atoms with Crippen molar-refractivity contribution >= 4 is 27.7 Å². The van der Waals surface area contributed by atoms with Crippen LogP contribution in [0.15, 0.2) is 17.0 Å². The lowest BCUT2D eigenvalue weighted by Gasteiger charge is -2.23. The molecule has 1 aromatic rings. The Hall–Kier alpha value is -1.24. The lowest BCUT2D eigenvalue weighted by atomic mass is 10.2. The van der Waals surface area contributed by atoms with Gasteiger partial charge in [-0.15, -0.1) is 0 Å². The van der Waals surface area contributed by atoms with Gasteiger partial charge < -0.3 is 10.6 Å². The fourth-order valence-corrected chi connectivity index (χ4v) is 2.25. The first-order chi connectivity index (χ1) is 7.59. The summed E-state index contributed by atoms with van der Waals surface area (Å²) in [6, 6.07) is -0.638. The molecule has 0 saturated carbocycles. The van der Waals surface area contributed by atoms with Gasteiger partial charge >= 0.3 is 0 Å². The third-order valence-electron chi connectivity index (χ3n) is 2.50. The van der Waals surface area contributed by atoms with Crippen molar-refractivity contribution in [3.05, 3.63) is 17.0 Å². The van der Waals surface area contributed by atoms with E-state index in [1.807, 2.05) is 0 Å². The van der Waals surface area contributed by atoms with Crippen LogP contribution in [0.2, 0.25) is 0 Å². The second-order valence-electron chi connectivity index (χ2n) is 3.60. The summed E-state index contributed by atoms with van der Waals surface area (Å²) in [5.74, 6) is -0.0374. The Kier molecular flexibility index (Phi) is 3.04. The van der Waals surface area contributed by atoms with Crippen molar-refractivity contribution in [2.75, 3.05) is 11.4 Å². The van der Waals surface area contributed by atoms with Crippen LogP contribution in [0.25, 0.3) is 0 Å². The molecule has 2 rings (SSSR count). The standard InChI is InChI=1S/C9H10BrFN4O/c10-6-2-13-4-14-9(6)15-3-5(11)1-7(15)8(12)16/h2,4-5,7H,1,3H2,(H2,12,16)/t5-,7+/m1/s1. The first-order valence-electron chi connectivity index (χ1n) is 4.75. The van der Waals surface area contributed by atoms with Gasteiger partial charge in [-0.05, 0) is 15.9 Å². The number of alkyl halides is 1. The normalized spacial score (nSPS) is 24.8. The molecule has 0 radical (unpaired) electrons. The molecule has 1 aliphatic heterocycles. The predicted octanol–water partition coefficient (Wildman–Crippen LogP) is 0.641. The van der Waals surface area contributed by atoms with E-state index in [9.17, 15) is 9.18 Å². The number of carbonyl (C=O) groups excluding carboxylic acids is 1. The van der Waals surface area contributed by atoms with Crippen molar-refractivity contribution in [2.24, 2.45) is 5.73 Å². The summed E-state index contributed by atoms with van der Waals surface area (Å²) < 4.78 is 13.9. The fraction of sp³-hybridized carbons (Fsp3) is 0.444. The van der Waals surface area contributed by atoms with Gasteiger partial charge in [-0.1, -0.05) is 0 Å². The Morgan fingerprint density at radius 1 is 1.69 bits per heavy atom. The molecule has 2 heterocycles. The van der Waals surface area contributed by atoms with Gasteiger partial charge in [0.25, 0.3) is 0 Å². The SMILES string of the molecule is NC(=O)[C@@H]1C[C@@H](F)CN1c1ncncc1Br. The first kappa shape index (κ1) is 11.3. The van der Waals surface area contributed by atoms with Crippen LogP contribution >= 0.6 is 15.9 Å². The number of aromatic nitrogens is 2. The summed E-state index contributed by atoms with van der Waals surface area (Å²) in [7, 11) is 0. The van der Waals surface area contributed by atoms with Crippen LogP contribution in [0.4, 0.5) is 10.2 Å². The quantitative estimate of drug-likeness (QED) is 0.867. The number of nitrogens with two attached hydrogens (primary N) is 1. The third kappa shape index (κ3) is 1.99. The van der Waals surface area contributed by atoms with Gasteiger partial charge in [0, 0.05) is 12.6 Å². The monoisotopic (exact) mass is 288 g/mol. The van der Waals surface area contributed by atoms with Crippen molar-refractivity contribution in [2.45, 2.75) is 18.6 Å². The smallest absolute Gasteiger partial charge is 0.240 e. The van der Waals surface area contributed by atoms with Gasteiger partial charge in [0.15, 0.2) is 0 Å². The average Bonchev–Trinajstić information content (AvgIpc) is 2.61. The van der Waals surface area contributed by atoms with E-state index in [0.29, 0.717) is 10.3 Å². The van der Waals surface area contributed by atoms with Crippen LogP contribution in [0.5, 0.6) is 0 Å². The predicted molar refractivity (Wildman–Crippen MR) is 59.6 cm³/mol. The molecular formula is C9H10BrFN4O. The van der Waals surface area contributed by atoms with Crippen molar-refractivity contribution in [3.8, 4) is 0 Å². The number of carbonyl (C=O) groups is 1. The Labute approximate surface area is 100.0 Å². The number of anilines is 1. The zero-order valence-electron chi connectivity index (χ0n) is 8.31. The summed E-state index contributed by atoms with van der Waals surface area (Å²) in [4.78, 5) is 20.6. The van der Waals surface area contributed by atoms with E-state index >= 15 is 0 Å². The van der Waals surface area contributed by atoms with Crippen molar-refractivity contribution < 1.29 is 9.18 Å². The number of amides is 1. The molecule has 0 aromatic carbocycles. The molecule has 1 aliphatic rings. The molecule has 0 aliphatic carbocycles. The highest BCUT2D eigenvalue weighted by Gasteiger charge is 2.37. The molecule has 0 unspecified atom stereocenters. The number of halogens is 2. The van der Waals surface area contributed by atoms with E-state index in [-0.39, 0.29) is 13.0 Å². The Bertz CT molecular complexity index is 416. The molecule has 16 heavy (non-hydrogen) atoms. The second-order valence-corrected chi connectivity index (χ2v) is 4.45. The summed E-state index contributed by atoms with van der Waals surface area (Å²) >= 11 is 3.26. The lowest BCUT2D eigenvalue weighted by Crippen LogP contribution is -2.40.